The van der Waals surface area contributed by atoms with Gasteiger partial charge in [0, 0.05) is 63.0 Å². The van der Waals surface area contributed by atoms with Crippen LogP contribution in [0, 0.1) is 0 Å². The highest BCUT2D eigenvalue weighted by molar-refractivity contribution is 7.13. The summed E-state index contributed by atoms with van der Waals surface area (Å²) in [5.41, 5.74) is 2.92. The number of benzene rings is 1. The molecule has 2 saturated heterocycles. The van der Waals surface area contributed by atoms with Crippen molar-refractivity contribution < 1.29 is 9.53 Å². The van der Waals surface area contributed by atoms with Crippen LogP contribution in [0.4, 0.5) is 5.82 Å². The highest BCUT2D eigenvalue weighted by Crippen LogP contribution is 2.27. The molecular formula is C25H29N5O2S. The third-order valence-electron chi connectivity index (χ3n) is 6.36. The highest BCUT2D eigenvalue weighted by Gasteiger charge is 2.27. The topological polar surface area (TPSA) is 61.8 Å². The van der Waals surface area contributed by atoms with Gasteiger partial charge in [0.25, 0.3) is 5.91 Å². The molecule has 0 radical (unpaired) electrons. The fraction of sp³-hybridized carbons (Fsp3) is 0.400. The van der Waals surface area contributed by atoms with Gasteiger partial charge >= 0.3 is 0 Å². The van der Waals surface area contributed by atoms with Crippen molar-refractivity contribution in [1.82, 2.24) is 19.8 Å². The standard InChI is InChI=1S/C25H29N5O2S/c1-32-21-8-6-19(7-9-21)24-27-20(18-33-24)17-28-13-15-30(16-14-28)25(31)22-5-4-10-26-23(22)29-11-2-3-12-29/h4-10,18H,2-3,11-17H2,1H3. The van der Waals surface area contributed by atoms with Gasteiger partial charge in [0.1, 0.15) is 16.6 Å². The number of pyridine rings is 1. The Morgan fingerprint density at radius 3 is 2.52 bits per heavy atom. The SMILES string of the molecule is COc1ccc(-c2nc(CN3CCN(C(=O)c4cccnc4N4CCCC4)CC3)cs2)cc1. The summed E-state index contributed by atoms with van der Waals surface area (Å²) in [7, 11) is 1.67. The van der Waals surface area contributed by atoms with E-state index in [4.69, 9.17) is 9.72 Å². The van der Waals surface area contributed by atoms with E-state index >= 15 is 0 Å². The normalized spacial score (nSPS) is 16.9. The maximum Gasteiger partial charge on any atom is 0.257 e. The van der Waals surface area contributed by atoms with Gasteiger partial charge in [-0.2, -0.15) is 0 Å². The molecule has 0 spiro atoms. The van der Waals surface area contributed by atoms with E-state index < -0.39 is 0 Å². The first-order chi connectivity index (χ1) is 16.2. The molecule has 7 nitrogen and oxygen atoms in total. The van der Waals surface area contributed by atoms with Gasteiger partial charge < -0.3 is 14.5 Å². The van der Waals surface area contributed by atoms with E-state index in [-0.39, 0.29) is 5.91 Å². The molecule has 33 heavy (non-hydrogen) atoms. The summed E-state index contributed by atoms with van der Waals surface area (Å²) in [5, 5.41) is 3.15. The van der Waals surface area contributed by atoms with E-state index in [9.17, 15) is 4.79 Å². The minimum absolute atomic E-state index is 0.0973. The second kappa shape index (κ2) is 9.89. The van der Waals surface area contributed by atoms with Crippen molar-refractivity contribution in [2.45, 2.75) is 19.4 Å². The van der Waals surface area contributed by atoms with Crippen LogP contribution in [-0.4, -0.2) is 72.1 Å². The van der Waals surface area contributed by atoms with Crippen molar-refractivity contribution in [2.24, 2.45) is 0 Å². The summed E-state index contributed by atoms with van der Waals surface area (Å²) in [5.74, 6) is 1.79. The fourth-order valence-electron chi connectivity index (χ4n) is 4.50. The van der Waals surface area contributed by atoms with Crippen LogP contribution in [0.1, 0.15) is 28.9 Å². The zero-order chi connectivity index (χ0) is 22.6. The van der Waals surface area contributed by atoms with Crippen LogP contribution < -0.4 is 9.64 Å². The number of carbonyl (C=O) groups excluding carboxylic acids is 1. The highest BCUT2D eigenvalue weighted by atomic mass is 32.1. The quantitative estimate of drug-likeness (QED) is 0.555. The Kier molecular flexibility index (Phi) is 6.55. The molecule has 0 bridgehead atoms. The first-order valence-electron chi connectivity index (χ1n) is 11.5. The Labute approximate surface area is 198 Å². The average molecular weight is 464 g/mol. The number of carbonyl (C=O) groups is 1. The van der Waals surface area contributed by atoms with E-state index in [1.165, 1.54) is 12.8 Å². The lowest BCUT2D eigenvalue weighted by Crippen LogP contribution is -2.48. The summed E-state index contributed by atoms with van der Waals surface area (Å²) in [6.07, 6.45) is 4.12. The minimum Gasteiger partial charge on any atom is -0.497 e. The predicted molar refractivity (Wildman–Crippen MR) is 131 cm³/mol. The van der Waals surface area contributed by atoms with Crippen molar-refractivity contribution in [3.63, 3.8) is 0 Å². The van der Waals surface area contributed by atoms with Crippen molar-refractivity contribution in [2.75, 3.05) is 51.3 Å². The van der Waals surface area contributed by atoms with Crippen LogP contribution >= 0.6 is 11.3 Å². The zero-order valence-corrected chi connectivity index (χ0v) is 19.8. The molecule has 2 aliphatic rings. The van der Waals surface area contributed by atoms with E-state index in [0.717, 1.165) is 79.2 Å². The third-order valence-corrected chi connectivity index (χ3v) is 7.30. The van der Waals surface area contributed by atoms with E-state index in [1.807, 2.05) is 41.3 Å². The van der Waals surface area contributed by atoms with Crippen LogP contribution in [0.2, 0.25) is 0 Å². The summed E-state index contributed by atoms with van der Waals surface area (Å²) in [6, 6.07) is 11.8. The number of ether oxygens (including phenoxy) is 1. The minimum atomic E-state index is 0.0973. The molecule has 0 unspecified atom stereocenters. The third kappa shape index (κ3) is 4.86. The van der Waals surface area contributed by atoms with Crippen molar-refractivity contribution in [1.29, 1.82) is 0 Å². The largest absolute Gasteiger partial charge is 0.497 e. The molecular weight excluding hydrogens is 434 g/mol. The van der Waals surface area contributed by atoms with Crippen LogP contribution in [0.15, 0.2) is 48.0 Å². The molecule has 8 heteroatoms. The first-order valence-corrected chi connectivity index (χ1v) is 12.4. The van der Waals surface area contributed by atoms with E-state index in [0.29, 0.717) is 0 Å². The van der Waals surface area contributed by atoms with Crippen LogP contribution in [0.5, 0.6) is 5.75 Å². The number of nitrogens with zero attached hydrogens (tertiary/aromatic N) is 5. The molecule has 3 aromatic rings. The summed E-state index contributed by atoms with van der Waals surface area (Å²) in [4.78, 5) is 29.2. The Bertz CT molecular complexity index is 1090. The molecule has 0 atom stereocenters. The molecule has 4 heterocycles. The number of amides is 1. The maximum absolute atomic E-state index is 13.3. The Morgan fingerprint density at radius 2 is 1.79 bits per heavy atom. The van der Waals surface area contributed by atoms with Gasteiger partial charge in [-0.15, -0.1) is 11.3 Å². The molecule has 1 amide bonds. The molecule has 0 saturated carbocycles. The lowest BCUT2D eigenvalue weighted by Gasteiger charge is -2.35. The number of rotatable bonds is 6. The Balaban J connectivity index is 1.18. The molecule has 0 N–H and O–H groups in total. The average Bonchev–Trinajstić information content (AvgIpc) is 3.57. The summed E-state index contributed by atoms with van der Waals surface area (Å²) in [6.45, 7) is 5.92. The molecule has 2 aromatic heterocycles. The van der Waals surface area contributed by atoms with Crippen molar-refractivity contribution >= 4 is 23.1 Å². The van der Waals surface area contributed by atoms with Crippen LogP contribution in [-0.2, 0) is 6.54 Å². The van der Waals surface area contributed by atoms with Gasteiger partial charge in [-0.05, 0) is 49.2 Å². The predicted octanol–water partition coefficient (Wildman–Crippen LogP) is 3.77. The second-order valence-corrected chi connectivity index (χ2v) is 9.37. The smallest absolute Gasteiger partial charge is 0.257 e. The van der Waals surface area contributed by atoms with Gasteiger partial charge in [-0.3, -0.25) is 9.69 Å². The van der Waals surface area contributed by atoms with Gasteiger partial charge in [-0.25, -0.2) is 9.97 Å². The number of hydrogen-bond acceptors (Lipinski definition) is 7. The lowest BCUT2D eigenvalue weighted by molar-refractivity contribution is 0.0627. The van der Waals surface area contributed by atoms with Crippen LogP contribution in [0.3, 0.4) is 0 Å². The van der Waals surface area contributed by atoms with E-state index in [1.54, 1.807) is 24.6 Å². The van der Waals surface area contributed by atoms with Gasteiger partial charge in [0.2, 0.25) is 0 Å². The molecule has 0 aliphatic carbocycles. The van der Waals surface area contributed by atoms with Crippen molar-refractivity contribution in [3.05, 3.63) is 59.2 Å². The lowest BCUT2D eigenvalue weighted by atomic mass is 10.2. The number of thiazole rings is 1. The molecule has 5 rings (SSSR count). The van der Waals surface area contributed by atoms with Gasteiger partial charge in [0.05, 0.1) is 18.4 Å². The zero-order valence-electron chi connectivity index (χ0n) is 18.9. The number of anilines is 1. The summed E-state index contributed by atoms with van der Waals surface area (Å²) >= 11 is 1.67. The van der Waals surface area contributed by atoms with Gasteiger partial charge in [0.15, 0.2) is 0 Å². The number of hydrogen-bond donors (Lipinski definition) is 0. The maximum atomic E-state index is 13.3. The van der Waals surface area contributed by atoms with Crippen molar-refractivity contribution in [3.8, 4) is 16.3 Å². The second-order valence-electron chi connectivity index (χ2n) is 8.51. The first kappa shape index (κ1) is 21.9. The Morgan fingerprint density at radius 1 is 1.03 bits per heavy atom. The monoisotopic (exact) mass is 463 g/mol. The summed E-state index contributed by atoms with van der Waals surface area (Å²) < 4.78 is 5.24. The number of piperazine rings is 1. The number of methoxy groups -OCH3 is 1. The fourth-order valence-corrected chi connectivity index (χ4v) is 5.32. The molecule has 2 fully saturated rings. The van der Waals surface area contributed by atoms with E-state index in [2.05, 4.69) is 20.2 Å². The number of aromatic nitrogens is 2. The molecule has 1 aromatic carbocycles. The van der Waals surface area contributed by atoms with Crippen LogP contribution in [0.25, 0.3) is 10.6 Å². The molecule has 2 aliphatic heterocycles. The Hall–Kier alpha value is -2.97. The molecule has 172 valence electrons. The van der Waals surface area contributed by atoms with Gasteiger partial charge in [-0.1, -0.05) is 0 Å².